The van der Waals surface area contributed by atoms with Crippen molar-refractivity contribution >= 4 is 17.4 Å². The van der Waals surface area contributed by atoms with Gasteiger partial charge in [0.2, 0.25) is 5.82 Å². The number of carbonyl (C=O) groups is 1. The first-order valence-electron chi connectivity index (χ1n) is 12.9. The van der Waals surface area contributed by atoms with E-state index >= 15 is 0 Å². The zero-order valence-electron chi connectivity index (χ0n) is 20.9. The molecule has 2 aliphatic rings. The molecular formula is C28H24N10O. The minimum atomic E-state index is -0.157. The van der Waals surface area contributed by atoms with Crippen LogP contribution in [0.15, 0.2) is 61.2 Å². The molecule has 5 aromatic rings. The fourth-order valence-electron chi connectivity index (χ4n) is 6.14. The highest BCUT2D eigenvalue weighted by atomic mass is 16.2. The van der Waals surface area contributed by atoms with Crippen molar-refractivity contribution in [3.8, 4) is 28.5 Å². The molecule has 0 spiro atoms. The summed E-state index contributed by atoms with van der Waals surface area (Å²) in [5.41, 5.74) is 11.6. The fourth-order valence-corrected chi connectivity index (χ4v) is 6.14. The second-order valence-corrected chi connectivity index (χ2v) is 10.0. The number of fused-ring (bicyclic) bond motifs is 3. The van der Waals surface area contributed by atoms with E-state index < -0.39 is 0 Å². The SMILES string of the molecule is N#Cc1c([C@H]2C[C@H]3CC[C@@H](C2)N3C(=O)c2nc[nH]n2)nc2c(-c3ccc(-c4ccccc4)nc3)cnn2c1N. The third-order valence-corrected chi connectivity index (χ3v) is 7.93. The van der Waals surface area contributed by atoms with Crippen LogP contribution in [0.3, 0.4) is 0 Å². The topological polar surface area (TPSA) is 155 Å². The molecule has 2 bridgehead atoms. The van der Waals surface area contributed by atoms with Crippen molar-refractivity contribution < 1.29 is 4.79 Å². The maximum absolute atomic E-state index is 13.1. The lowest BCUT2D eigenvalue weighted by Gasteiger charge is -2.38. The van der Waals surface area contributed by atoms with Crippen molar-refractivity contribution in [2.24, 2.45) is 0 Å². The predicted molar refractivity (Wildman–Crippen MR) is 142 cm³/mol. The number of amides is 1. The number of carbonyl (C=O) groups excluding carboxylic acids is 1. The van der Waals surface area contributed by atoms with E-state index in [2.05, 4.69) is 31.3 Å². The molecule has 11 nitrogen and oxygen atoms in total. The van der Waals surface area contributed by atoms with Gasteiger partial charge in [-0.3, -0.25) is 14.9 Å². The minimum Gasteiger partial charge on any atom is -0.382 e. The summed E-state index contributed by atoms with van der Waals surface area (Å²) in [7, 11) is 0. The number of pyridine rings is 1. The van der Waals surface area contributed by atoms with E-state index in [1.54, 1.807) is 6.20 Å². The number of nitrogens with one attached hydrogen (secondary N) is 1. The molecule has 4 aromatic heterocycles. The van der Waals surface area contributed by atoms with Gasteiger partial charge in [0.1, 0.15) is 23.8 Å². The highest BCUT2D eigenvalue weighted by molar-refractivity contribution is 5.91. The Kier molecular flexibility index (Phi) is 5.33. The van der Waals surface area contributed by atoms with Crippen LogP contribution in [-0.4, -0.2) is 57.7 Å². The van der Waals surface area contributed by atoms with Gasteiger partial charge in [-0.05, 0) is 31.7 Å². The summed E-state index contributed by atoms with van der Waals surface area (Å²) in [5.74, 6) is 0.281. The molecule has 3 N–H and O–H groups in total. The number of H-pyrrole nitrogens is 1. The fraction of sp³-hybridized carbons (Fsp3) is 0.250. The summed E-state index contributed by atoms with van der Waals surface area (Å²) in [6, 6.07) is 16.3. The number of nitriles is 1. The van der Waals surface area contributed by atoms with Crippen molar-refractivity contribution in [3.63, 3.8) is 0 Å². The van der Waals surface area contributed by atoms with Crippen LogP contribution in [-0.2, 0) is 0 Å². The number of nitrogen functional groups attached to an aromatic ring is 1. The number of nitrogens with two attached hydrogens (primary N) is 1. The predicted octanol–water partition coefficient (Wildman–Crippen LogP) is 3.58. The molecule has 39 heavy (non-hydrogen) atoms. The molecule has 0 aliphatic carbocycles. The van der Waals surface area contributed by atoms with Crippen LogP contribution in [0.2, 0.25) is 0 Å². The van der Waals surface area contributed by atoms with E-state index in [0.717, 1.165) is 35.2 Å². The van der Waals surface area contributed by atoms with Gasteiger partial charge in [-0.15, -0.1) is 5.10 Å². The van der Waals surface area contributed by atoms with Crippen LogP contribution >= 0.6 is 0 Å². The summed E-state index contributed by atoms with van der Waals surface area (Å²) >= 11 is 0. The third kappa shape index (κ3) is 3.72. The highest BCUT2D eigenvalue weighted by Crippen LogP contribution is 2.44. The van der Waals surface area contributed by atoms with Crippen LogP contribution in [0.1, 0.15) is 53.5 Å². The number of aromatic nitrogens is 7. The summed E-state index contributed by atoms with van der Waals surface area (Å²) in [5, 5.41) is 21.1. The molecule has 2 saturated heterocycles. The van der Waals surface area contributed by atoms with Crippen molar-refractivity contribution in [3.05, 3.63) is 78.3 Å². The second kappa shape index (κ2) is 9.02. The number of benzene rings is 1. The second-order valence-electron chi connectivity index (χ2n) is 10.0. The van der Waals surface area contributed by atoms with Gasteiger partial charge < -0.3 is 10.6 Å². The molecule has 7 rings (SSSR count). The molecule has 0 radical (unpaired) electrons. The monoisotopic (exact) mass is 516 g/mol. The molecule has 11 heteroatoms. The van der Waals surface area contributed by atoms with E-state index in [0.29, 0.717) is 29.7 Å². The van der Waals surface area contributed by atoms with Gasteiger partial charge in [0, 0.05) is 40.9 Å². The van der Waals surface area contributed by atoms with Crippen molar-refractivity contribution in [1.82, 2.24) is 39.7 Å². The lowest BCUT2D eigenvalue weighted by molar-refractivity contribution is 0.0557. The van der Waals surface area contributed by atoms with Gasteiger partial charge in [-0.25, -0.2) is 9.97 Å². The average Bonchev–Trinajstić information content (AvgIpc) is 3.72. The smallest absolute Gasteiger partial charge is 0.294 e. The van der Waals surface area contributed by atoms with Gasteiger partial charge in [0.25, 0.3) is 5.91 Å². The summed E-state index contributed by atoms with van der Waals surface area (Å²) in [6.07, 6.45) is 8.12. The quantitative estimate of drug-likeness (QED) is 0.367. The first-order valence-corrected chi connectivity index (χ1v) is 12.9. The molecule has 1 amide bonds. The Hall–Kier alpha value is -5.11. The van der Waals surface area contributed by atoms with E-state index in [1.165, 1.54) is 10.8 Å². The Labute approximate surface area is 223 Å². The zero-order chi connectivity index (χ0) is 26.5. The lowest BCUT2D eigenvalue weighted by Crippen LogP contribution is -2.46. The van der Waals surface area contributed by atoms with E-state index in [1.807, 2.05) is 53.6 Å². The molecule has 1 aromatic carbocycles. The molecule has 0 saturated carbocycles. The van der Waals surface area contributed by atoms with Crippen LogP contribution in [0, 0.1) is 11.3 Å². The third-order valence-electron chi connectivity index (χ3n) is 7.93. The van der Waals surface area contributed by atoms with E-state index in [-0.39, 0.29) is 35.6 Å². The average molecular weight is 517 g/mol. The Morgan fingerprint density at radius 2 is 1.82 bits per heavy atom. The maximum Gasteiger partial charge on any atom is 0.294 e. The van der Waals surface area contributed by atoms with E-state index in [4.69, 9.17) is 10.7 Å². The molecule has 6 heterocycles. The molecule has 0 unspecified atom stereocenters. The Balaban J connectivity index is 1.24. The Morgan fingerprint density at radius 1 is 1.03 bits per heavy atom. The van der Waals surface area contributed by atoms with Crippen LogP contribution in [0.5, 0.6) is 0 Å². The largest absolute Gasteiger partial charge is 0.382 e. The summed E-state index contributed by atoms with van der Waals surface area (Å²) < 4.78 is 1.53. The van der Waals surface area contributed by atoms with Crippen LogP contribution in [0.25, 0.3) is 28.0 Å². The van der Waals surface area contributed by atoms with E-state index in [9.17, 15) is 10.1 Å². The minimum absolute atomic E-state index is 0.0121. The van der Waals surface area contributed by atoms with Crippen molar-refractivity contribution in [1.29, 1.82) is 5.26 Å². The van der Waals surface area contributed by atoms with Crippen LogP contribution in [0.4, 0.5) is 5.82 Å². The molecule has 3 atom stereocenters. The summed E-state index contributed by atoms with van der Waals surface area (Å²) in [6.45, 7) is 0. The van der Waals surface area contributed by atoms with Gasteiger partial charge in [-0.2, -0.15) is 14.9 Å². The van der Waals surface area contributed by atoms with Gasteiger partial charge in [0.05, 0.1) is 17.6 Å². The number of nitrogens with zero attached hydrogens (tertiary/aromatic N) is 8. The Bertz CT molecular complexity index is 1710. The molecule has 192 valence electrons. The number of rotatable bonds is 4. The van der Waals surface area contributed by atoms with Crippen LogP contribution < -0.4 is 5.73 Å². The first kappa shape index (κ1) is 23.0. The van der Waals surface area contributed by atoms with Gasteiger partial charge >= 0.3 is 0 Å². The standard InChI is InChI=1S/C28H24N10O/c29-12-21-24(18-10-19-7-8-20(11-18)37(19)28(39)26-32-15-33-36-26)35-27-22(14-34-38(27)25(21)30)17-6-9-23(31-13-17)16-4-2-1-3-5-16/h1-6,9,13-15,18-20H,7-8,10-11,30H2,(H,32,33,36)/t18-,19+,20-. The van der Waals surface area contributed by atoms with Crippen molar-refractivity contribution in [2.45, 2.75) is 43.7 Å². The normalized spacial score (nSPS) is 20.3. The number of piperidine rings is 1. The maximum atomic E-state index is 13.1. The Morgan fingerprint density at radius 3 is 2.49 bits per heavy atom. The van der Waals surface area contributed by atoms with Gasteiger partial charge in [-0.1, -0.05) is 36.4 Å². The summed E-state index contributed by atoms with van der Waals surface area (Å²) in [4.78, 5) is 28.7. The van der Waals surface area contributed by atoms with Crippen molar-refractivity contribution in [2.75, 3.05) is 5.73 Å². The first-order chi connectivity index (χ1) is 19.1. The zero-order valence-corrected chi connectivity index (χ0v) is 20.9. The highest BCUT2D eigenvalue weighted by Gasteiger charge is 2.45. The molecular weight excluding hydrogens is 492 g/mol. The number of hydrogen-bond donors (Lipinski definition) is 2. The van der Waals surface area contributed by atoms with Gasteiger partial charge in [0.15, 0.2) is 5.65 Å². The number of anilines is 1. The number of aromatic amines is 1. The number of hydrogen-bond acceptors (Lipinski definition) is 8. The molecule has 2 fully saturated rings. The lowest BCUT2D eigenvalue weighted by atomic mass is 9.86. The molecule has 2 aliphatic heterocycles.